The van der Waals surface area contributed by atoms with E-state index >= 15 is 0 Å². The topological polar surface area (TPSA) is 51.0 Å². The highest BCUT2D eigenvalue weighted by Crippen LogP contribution is 2.23. The summed E-state index contributed by atoms with van der Waals surface area (Å²) in [6.07, 6.45) is 3.48. The second-order valence-corrected chi connectivity index (χ2v) is 4.95. The van der Waals surface area contributed by atoms with E-state index in [1.165, 1.54) is 0 Å². The Morgan fingerprint density at radius 3 is 2.52 bits per heavy atom. The smallest absolute Gasteiger partial charge is 0.191 e. The van der Waals surface area contributed by atoms with Gasteiger partial charge in [0.15, 0.2) is 5.89 Å². The molecule has 3 rings (SSSR count). The molecular weight excluding hydrogens is 262 g/mol. The zero-order valence-electron chi connectivity index (χ0n) is 12.1. The molecule has 0 radical (unpaired) electrons. The fraction of sp³-hybridized carbons (Fsp3) is 0.176. The maximum absolute atomic E-state index is 5.24. The molecule has 0 saturated heterocycles. The molecule has 106 valence electrons. The number of nitrogens with zero attached hydrogens (tertiary/aromatic N) is 2. The molecule has 1 N–H and O–H groups in total. The van der Waals surface area contributed by atoms with Crippen molar-refractivity contribution in [3.05, 3.63) is 66.5 Å². The molecule has 2 aromatic heterocycles. The van der Waals surface area contributed by atoms with E-state index in [4.69, 9.17) is 4.42 Å². The van der Waals surface area contributed by atoms with Gasteiger partial charge in [-0.1, -0.05) is 18.2 Å². The van der Waals surface area contributed by atoms with Crippen molar-refractivity contribution in [2.75, 3.05) is 5.32 Å². The van der Waals surface area contributed by atoms with Crippen molar-refractivity contribution < 1.29 is 4.42 Å². The van der Waals surface area contributed by atoms with Crippen molar-refractivity contribution in [3.8, 4) is 11.3 Å². The Morgan fingerprint density at radius 1 is 1.10 bits per heavy atom. The summed E-state index contributed by atoms with van der Waals surface area (Å²) < 4.78 is 5.24. The molecule has 0 saturated carbocycles. The summed E-state index contributed by atoms with van der Waals surface area (Å²) >= 11 is 0. The van der Waals surface area contributed by atoms with Crippen molar-refractivity contribution in [2.24, 2.45) is 0 Å². The van der Waals surface area contributed by atoms with E-state index in [1.807, 2.05) is 55.6 Å². The molecule has 1 atom stereocenters. The van der Waals surface area contributed by atoms with Gasteiger partial charge in [-0.05, 0) is 31.2 Å². The lowest BCUT2D eigenvalue weighted by Crippen LogP contribution is -2.07. The molecule has 1 unspecified atom stereocenters. The zero-order valence-corrected chi connectivity index (χ0v) is 12.1. The molecule has 4 nitrogen and oxygen atoms in total. The van der Waals surface area contributed by atoms with E-state index in [-0.39, 0.29) is 6.04 Å². The standard InChI is InChI=1S/C17H17N3O/c1-12(16-5-3-4-10-18-16)19-15-8-6-14(7-9-15)17-11-21-13(2)20-17/h3-12,19H,1-2H3. The van der Waals surface area contributed by atoms with Crippen LogP contribution >= 0.6 is 0 Å². The van der Waals surface area contributed by atoms with Crippen molar-refractivity contribution in [3.63, 3.8) is 0 Å². The molecule has 0 aliphatic rings. The third kappa shape index (κ3) is 3.11. The van der Waals surface area contributed by atoms with Crippen LogP contribution in [0, 0.1) is 6.92 Å². The maximum atomic E-state index is 5.24. The first-order chi connectivity index (χ1) is 10.2. The van der Waals surface area contributed by atoms with Crippen LogP contribution in [0.3, 0.4) is 0 Å². The summed E-state index contributed by atoms with van der Waals surface area (Å²) in [7, 11) is 0. The average Bonchev–Trinajstić information content (AvgIpc) is 2.95. The SMILES string of the molecule is Cc1nc(-c2ccc(NC(C)c3ccccn3)cc2)co1. The highest BCUT2D eigenvalue weighted by atomic mass is 16.3. The lowest BCUT2D eigenvalue weighted by molar-refractivity contribution is 0.521. The van der Waals surface area contributed by atoms with Crippen LogP contribution in [0.2, 0.25) is 0 Å². The minimum Gasteiger partial charge on any atom is -0.449 e. The lowest BCUT2D eigenvalue weighted by Gasteiger charge is -2.14. The summed E-state index contributed by atoms with van der Waals surface area (Å²) in [4.78, 5) is 8.68. The van der Waals surface area contributed by atoms with E-state index in [9.17, 15) is 0 Å². The zero-order chi connectivity index (χ0) is 14.7. The van der Waals surface area contributed by atoms with Crippen LogP contribution in [0.15, 0.2) is 59.3 Å². The minimum absolute atomic E-state index is 0.159. The van der Waals surface area contributed by atoms with Gasteiger partial charge >= 0.3 is 0 Å². The minimum atomic E-state index is 0.159. The fourth-order valence-electron chi connectivity index (χ4n) is 2.19. The summed E-state index contributed by atoms with van der Waals surface area (Å²) in [6, 6.07) is 14.2. The number of pyridine rings is 1. The molecule has 1 aromatic carbocycles. The number of hydrogen-bond acceptors (Lipinski definition) is 4. The molecule has 2 heterocycles. The van der Waals surface area contributed by atoms with Gasteiger partial charge < -0.3 is 9.73 Å². The first-order valence-corrected chi connectivity index (χ1v) is 6.92. The Balaban J connectivity index is 1.73. The monoisotopic (exact) mass is 279 g/mol. The molecule has 0 amide bonds. The Bertz CT molecular complexity index is 704. The van der Waals surface area contributed by atoms with Gasteiger partial charge in [-0.2, -0.15) is 0 Å². The van der Waals surface area contributed by atoms with Crippen molar-refractivity contribution >= 4 is 5.69 Å². The van der Waals surface area contributed by atoms with Gasteiger partial charge in [0.2, 0.25) is 0 Å². The lowest BCUT2D eigenvalue weighted by atomic mass is 10.1. The van der Waals surface area contributed by atoms with Crippen LogP contribution in [0.5, 0.6) is 0 Å². The van der Waals surface area contributed by atoms with Gasteiger partial charge in [0, 0.05) is 24.4 Å². The Hall–Kier alpha value is -2.62. The molecule has 3 aromatic rings. The van der Waals surface area contributed by atoms with Crippen LogP contribution in [0.25, 0.3) is 11.3 Å². The summed E-state index contributed by atoms with van der Waals surface area (Å²) in [5.41, 5.74) is 3.98. The van der Waals surface area contributed by atoms with Crippen LogP contribution in [0.1, 0.15) is 24.6 Å². The van der Waals surface area contributed by atoms with E-state index in [2.05, 4.69) is 22.2 Å². The van der Waals surface area contributed by atoms with E-state index in [0.717, 1.165) is 22.6 Å². The Labute approximate surface area is 123 Å². The van der Waals surface area contributed by atoms with Gasteiger partial charge in [0.05, 0.1) is 11.7 Å². The van der Waals surface area contributed by atoms with Gasteiger partial charge in [0.25, 0.3) is 0 Å². The number of oxazole rings is 1. The fourth-order valence-corrected chi connectivity index (χ4v) is 2.19. The van der Waals surface area contributed by atoms with Crippen molar-refractivity contribution in [1.29, 1.82) is 0 Å². The third-order valence-corrected chi connectivity index (χ3v) is 3.31. The summed E-state index contributed by atoms with van der Waals surface area (Å²) in [5.74, 6) is 0.677. The largest absolute Gasteiger partial charge is 0.449 e. The highest BCUT2D eigenvalue weighted by molar-refractivity contribution is 5.62. The Morgan fingerprint density at radius 2 is 1.90 bits per heavy atom. The van der Waals surface area contributed by atoms with Gasteiger partial charge in [-0.3, -0.25) is 4.98 Å². The molecule has 0 fully saturated rings. The predicted molar refractivity (Wildman–Crippen MR) is 83.0 cm³/mol. The first-order valence-electron chi connectivity index (χ1n) is 6.92. The molecule has 4 heteroatoms. The second-order valence-electron chi connectivity index (χ2n) is 4.95. The van der Waals surface area contributed by atoms with Gasteiger partial charge in [0.1, 0.15) is 12.0 Å². The first kappa shape index (κ1) is 13.4. The van der Waals surface area contributed by atoms with Crippen LogP contribution in [0.4, 0.5) is 5.69 Å². The van der Waals surface area contributed by atoms with Crippen LogP contribution < -0.4 is 5.32 Å². The number of aromatic nitrogens is 2. The summed E-state index contributed by atoms with van der Waals surface area (Å²) in [6.45, 7) is 3.94. The number of aryl methyl sites for hydroxylation is 1. The molecule has 0 aliphatic heterocycles. The number of nitrogens with one attached hydrogen (secondary N) is 1. The highest BCUT2D eigenvalue weighted by Gasteiger charge is 2.07. The summed E-state index contributed by atoms with van der Waals surface area (Å²) in [5, 5.41) is 3.44. The maximum Gasteiger partial charge on any atom is 0.191 e. The van der Waals surface area contributed by atoms with Crippen molar-refractivity contribution in [2.45, 2.75) is 19.9 Å². The molecule has 0 aliphatic carbocycles. The number of rotatable bonds is 4. The van der Waals surface area contributed by atoms with Gasteiger partial charge in [-0.15, -0.1) is 0 Å². The normalized spacial score (nSPS) is 12.1. The van der Waals surface area contributed by atoms with E-state index in [0.29, 0.717) is 5.89 Å². The molecule has 0 spiro atoms. The number of hydrogen-bond donors (Lipinski definition) is 1. The van der Waals surface area contributed by atoms with Crippen LogP contribution in [-0.2, 0) is 0 Å². The molecule has 21 heavy (non-hydrogen) atoms. The van der Waals surface area contributed by atoms with Gasteiger partial charge in [-0.25, -0.2) is 4.98 Å². The average molecular weight is 279 g/mol. The van der Waals surface area contributed by atoms with Crippen molar-refractivity contribution in [1.82, 2.24) is 9.97 Å². The second kappa shape index (κ2) is 5.79. The molecule has 0 bridgehead atoms. The van der Waals surface area contributed by atoms with E-state index in [1.54, 1.807) is 6.26 Å². The number of benzene rings is 1. The number of anilines is 1. The predicted octanol–water partition coefficient (Wildman–Crippen LogP) is 4.22. The van der Waals surface area contributed by atoms with Crippen LogP contribution in [-0.4, -0.2) is 9.97 Å². The third-order valence-electron chi connectivity index (χ3n) is 3.31. The van der Waals surface area contributed by atoms with E-state index < -0.39 is 0 Å². The quantitative estimate of drug-likeness (QED) is 0.777. The Kier molecular flexibility index (Phi) is 3.69. The molecular formula is C17H17N3O.